The van der Waals surface area contributed by atoms with Crippen LogP contribution in [0.2, 0.25) is 0 Å². The average molecular weight is 384 g/mol. The normalized spacial score (nSPS) is 14.8. The summed E-state index contributed by atoms with van der Waals surface area (Å²) in [7, 11) is 5.10. The zero-order chi connectivity index (χ0) is 19.9. The molecule has 0 amide bonds. The van der Waals surface area contributed by atoms with E-state index >= 15 is 0 Å². The maximum absolute atomic E-state index is 10.1. The van der Waals surface area contributed by atoms with E-state index in [1.807, 2.05) is 24.3 Å². The van der Waals surface area contributed by atoms with E-state index in [9.17, 15) is 5.11 Å². The summed E-state index contributed by atoms with van der Waals surface area (Å²) in [6.45, 7) is 3.93. The van der Waals surface area contributed by atoms with Gasteiger partial charge in [-0.1, -0.05) is 12.1 Å². The second kappa shape index (κ2) is 9.21. The van der Waals surface area contributed by atoms with Crippen molar-refractivity contribution in [1.82, 2.24) is 10.2 Å². The van der Waals surface area contributed by atoms with Crippen LogP contribution in [-0.2, 0) is 6.54 Å². The van der Waals surface area contributed by atoms with Crippen molar-refractivity contribution in [2.75, 3.05) is 52.3 Å². The number of para-hydroxylation sites is 2. The fraction of sp³-hybridized carbons (Fsp3) is 0.381. The summed E-state index contributed by atoms with van der Waals surface area (Å²) in [6, 6.07) is 13.3. The van der Waals surface area contributed by atoms with Crippen LogP contribution in [0.4, 0.5) is 5.69 Å². The van der Waals surface area contributed by atoms with Crippen LogP contribution in [-0.4, -0.2) is 63.4 Å². The molecule has 1 saturated heterocycles. The summed E-state index contributed by atoms with van der Waals surface area (Å²) >= 11 is 0. The van der Waals surface area contributed by atoms with Crippen LogP contribution in [0.1, 0.15) is 5.56 Å². The zero-order valence-corrected chi connectivity index (χ0v) is 16.7. The number of phenols is 1. The first kappa shape index (κ1) is 19.7. The first-order chi connectivity index (χ1) is 13.7. The summed E-state index contributed by atoms with van der Waals surface area (Å²) in [5.74, 6) is 2.67. The lowest BCUT2D eigenvalue weighted by molar-refractivity contribution is 0.366. The van der Waals surface area contributed by atoms with Crippen LogP contribution < -0.4 is 19.7 Å². The second-order valence-corrected chi connectivity index (χ2v) is 6.54. The zero-order valence-electron chi connectivity index (χ0n) is 16.7. The van der Waals surface area contributed by atoms with Gasteiger partial charge in [-0.05, 0) is 30.3 Å². The Morgan fingerprint density at radius 3 is 2.50 bits per heavy atom. The Labute approximate surface area is 166 Å². The predicted octanol–water partition coefficient (Wildman–Crippen LogP) is 2.31. The Balaban J connectivity index is 1.60. The molecule has 0 radical (unpaired) electrons. The van der Waals surface area contributed by atoms with E-state index < -0.39 is 0 Å². The number of benzene rings is 2. The van der Waals surface area contributed by atoms with Gasteiger partial charge >= 0.3 is 0 Å². The quantitative estimate of drug-likeness (QED) is 0.609. The number of nitrogens with zero attached hydrogens (tertiary/aromatic N) is 3. The number of guanidine groups is 1. The Kier molecular flexibility index (Phi) is 6.47. The van der Waals surface area contributed by atoms with Crippen molar-refractivity contribution in [3.05, 3.63) is 48.0 Å². The molecule has 0 bridgehead atoms. The van der Waals surface area contributed by atoms with Crippen molar-refractivity contribution >= 4 is 11.6 Å². The fourth-order valence-electron chi connectivity index (χ4n) is 3.39. The number of aromatic hydroxyl groups is 1. The molecular weight excluding hydrogens is 356 g/mol. The molecule has 2 aromatic carbocycles. The van der Waals surface area contributed by atoms with E-state index in [0.29, 0.717) is 6.54 Å². The van der Waals surface area contributed by atoms with E-state index in [1.54, 1.807) is 33.4 Å². The SMILES string of the molecule is CN=C(NCc1cc(OC)ccc1O)N1CCN(c2ccccc2OC)CC1. The lowest BCUT2D eigenvalue weighted by atomic mass is 10.2. The van der Waals surface area contributed by atoms with Crippen LogP contribution in [0, 0.1) is 0 Å². The number of phenolic OH excluding ortho intramolecular Hbond substituents is 1. The van der Waals surface area contributed by atoms with E-state index in [4.69, 9.17) is 9.47 Å². The first-order valence-electron chi connectivity index (χ1n) is 9.35. The first-order valence-corrected chi connectivity index (χ1v) is 9.35. The van der Waals surface area contributed by atoms with Crippen molar-refractivity contribution in [3.63, 3.8) is 0 Å². The third-order valence-corrected chi connectivity index (χ3v) is 4.94. The Morgan fingerprint density at radius 2 is 1.82 bits per heavy atom. The third-order valence-electron chi connectivity index (χ3n) is 4.94. The monoisotopic (exact) mass is 384 g/mol. The minimum atomic E-state index is 0.241. The van der Waals surface area contributed by atoms with Gasteiger partial charge in [-0.25, -0.2) is 0 Å². The Hall–Kier alpha value is -3.09. The molecule has 0 saturated carbocycles. The molecule has 0 aliphatic carbocycles. The smallest absolute Gasteiger partial charge is 0.194 e. The van der Waals surface area contributed by atoms with Crippen LogP contribution in [0.3, 0.4) is 0 Å². The lowest BCUT2D eigenvalue weighted by Gasteiger charge is -2.38. The van der Waals surface area contributed by atoms with Gasteiger partial charge in [-0.3, -0.25) is 4.99 Å². The van der Waals surface area contributed by atoms with Crippen LogP contribution in [0.25, 0.3) is 0 Å². The van der Waals surface area contributed by atoms with Crippen LogP contribution in [0.15, 0.2) is 47.5 Å². The lowest BCUT2D eigenvalue weighted by Crippen LogP contribution is -2.52. The van der Waals surface area contributed by atoms with Crippen molar-refractivity contribution in [2.24, 2.45) is 4.99 Å². The maximum Gasteiger partial charge on any atom is 0.194 e. The van der Waals surface area contributed by atoms with Gasteiger partial charge in [0.25, 0.3) is 0 Å². The van der Waals surface area contributed by atoms with Crippen molar-refractivity contribution in [1.29, 1.82) is 0 Å². The number of aliphatic imine (C=N–C) groups is 1. The maximum atomic E-state index is 10.1. The molecule has 7 heteroatoms. The number of nitrogens with one attached hydrogen (secondary N) is 1. The molecule has 150 valence electrons. The number of anilines is 1. The van der Waals surface area contributed by atoms with Crippen LogP contribution in [0.5, 0.6) is 17.2 Å². The Morgan fingerprint density at radius 1 is 1.07 bits per heavy atom. The largest absolute Gasteiger partial charge is 0.508 e. The van der Waals surface area contributed by atoms with Gasteiger partial charge in [-0.2, -0.15) is 0 Å². The summed E-state index contributed by atoms with van der Waals surface area (Å²) < 4.78 is 10.7. The summed E-state index contributed by atoms with van der Waals surface area (Å²) in [5.41, 5.74) is 1.89. The van der Waals surface area contributed by atoms with E-state index in [2.05, 4.69) is 26.2 Å². The highest BCUT2D eigenvalue weighted by Crippen LogP contribution is 2.28. The topological polar surface area (TPSA) is 69.6 Å². The molecule has 0 aromatic heterocycles. The number of piperazine rings is 1. The third kappa shape index (κ3) is 4.42. The van der Waals surface area contributed by atoms with Gasteiger partial charge in [0.1, 0.15) is 17.2 Å². The van der Waals surface area contributed by atoms with E-state index in [0.717, 1.165) is 54.9 Å². The van der Waals surface area contributed by atoms with Gasteiger partial charge in [0.15, 0.2) is 5.96 Å². The number of ether oxygens (including phenoxy) is 2. The number of rotatable bonds is 5. The molecule has 1 aliphatic rings. The van der Waals surface area contributed by atoms with Gasteiger partial charge in [0.05, 0.1) is 19.9 Å². The Bertz CT molecular complexity index is 817. The highest BCUT2D eigenvalue weighted by Gasteiger charge is 2.21. The molecule has 1 aliphatic heterocycles. The molecule has 1 heterocycles. The van der Waals surface area contributed by atoms with E-state index in [-0.39, 0.29) is 5.75 Å². The molecule has 7 nitrogen and oxygen atoms in total. The minimum Gasteiger partial charge on any atom is -0.508 e. The molecule has 2 aromatic rings. The standard InChI is InChI=1S/C21H28N4O3/c1-22-21(23-15-16-14-17(27-2)8-9-19(16)26)25-12-10-24(11-13-25)18-6-4-5-7-20(18)28-3/h4-9,14,26H,10-13,15H2,1-3H3,(H,22,23). The van der Waals surface area contributed by atoms with Crippen molar-refractivity contribution < 1.29 is 14.6 Å². The average Bonchev–Trinajstić information content (AvgIpc) is 2.75. The summed E-state index contributed by atoms with van der Waals surface area (Å²) in [5, 5.41) is 13.4. The number of hydrogen-bond donors (Lipinski definition) is 2. The van der Waals surface area contributed by atoms with Gasteiger partial charge in [-0.15, -0.1) is 0 Å². The van der Waals surface area contributed by atoms with E-state index in [1.165, 1.54) is 0 Å². The minimum absolute atomic E-state index is 0.241. The van der Waals surface area contributed by atoms with Crippen LogP contribution >= 0.6 is 0 Å². The number of methoxy groups -OCH3 is 2. The van der Waals surface area contributed by atoms with Gasteiger partial charge < -0.3 is 29.7 Å². The van der Waals surface area contributed by atoms with Crippen molar-refractivity contribution in [3.8, 4) is 17.2 Å². The molecule has 3 rings (SSSR count). The fourth-order valence-corrected chi connectivity index (χ4v) is 3.39. The molecule has 0 atom stereocenters. The highest BCUT2D eigenvalue weighted by atomic mass is 16.5. The molecule has 2 N–H and O–H groups in total. The van der Waals surface area contributed by atoms with Gasteiger partial charge in [0.2, 0.25) is 0 Å². The molecule has 0 unspecified atom stereocenters. The van der Waals surface area contributed by atoms with Gasteiger partial charge in [0, 0.05) is 45.3 Å². The second-order valence-electron chi connectivity index (χ2n) is 6.54. The summed E-state index contributed by atoms with van der Waals surface area (Å²) in [6.07, 6.45) is 0. The predicted molar refractivity (Wildman–Crippen MR) is 112 cm³/mol. The molecule has 1 fully saturated rings. The summed E-state index contributed by atoms with van der Waals surface area (Å²) in [4.78, 5) is 8.96. The molecule has 0 spiro atoms. The van der Waals surface area contributed by atoms with Crippen molar-refractivity contribution in [2.45, 2.75) is 6.54 Å². The number of hydrogen-bond acceptors (Lipinski definition) is 5. The molecule has 28 heavy (non-hydrogen) atoms. The molecular formula is C21H28N4O3. The highest BCUT2D eigenvalue weighted by molar-refractivity contribution is 5.80.